The van der Waals surface area contributed by atoms with Gasteiger partial charge in [-0.1, -0.05) is 31.2 Å². The van der Waals surface area contributed by atoms with Gasteiger partial charge in [-0.25, -0.2) is 4.98 Å². The van der Waals surface area contributed by atoms with Crippen molar-refractivity contribution in [1.29, 1.82) is 0 Å². The molecule has 0 radical (unpaired) electrons. The Morgan fingerprint density at radius 3 is 2.80 bits per heavy atom. The number of hydrogen-bond donors (Lipinski definition) is 1. The van der Waals surface area contributed by atoms with Crippen LogP contribution in [0.25, 0.3) is 17.3 Å². The van der Waals surface area contributed by atoms with Crippen LogP contribution < -0.4 is 19.5 Å². The van der Waals surface area contributed by atoms with Crippen LogP contribution in [0, 0.1) is 0 Å². The Morgan fingerprint density at radius 1 is 1.23 bits per heavy atom. The van der Waals surface area contributed by atoms with Crippen LogP contribution in [0.2, 0.25) is 0 Å². The molecule has 0 aliphatic carbocycles. The number of amides is 1. The first-order chi connectivity index (χ1) is 14.7. The van der Waals surface area contributed by atoms with E-state index in [2.05, 4.69) is 41.5 Å². The lowest BCUT2D eigenvalue weighted by molar-refractivity contribution is -0.111. The molecule has 6 nitrogen and oxygen atoms in total. The highest BCUT2D eigenvalue weighted by atomic mass is 32.1. The summed E-state index contributed by atoms with van der Waals surface area (Å²) >= 11 is 1.40. The van der Waals surface area contributed by atoms with Gasteiger partial charge in [-0.2, -0.15) is 0 Å². The van der Waals surface area contributed by atoms with Gasteiger partial charge in [-0.15, -0.1) is 11.3 Å². The van der Waals surface area contributed by atoms with Gasteiger partial charge in [0.05, 0.1) is 12.8 Å². The van der Waals surface area contributed by atoms with E-state index in [0.717, 1.165) is 23.2 Å². The SMILES string of the molecule is CCc1ccc(-c2csc(NC(=O)/C=C/c3cc(OC)c4c(c3)OCCO4)n2)cc1. The number of fused-ring (bicyclic) bond motifs is 1. The van der Waals surface area contributed by atoms with Gasteiger partial charge >= 0.3 is 0 Å². The summed E-state index contributed by atoms with van der Waals surface area (Å²) in [5.74, 6) is 1.52. The minimum Gasteiger partial charge on any atom is -0.493 e. The number of aromatic nitrogens is 1. The molecule has 0 bridgehead atoms. The fourth-order valence-corrected chi connectivity index (χ4v) is 3.81. The Morgan fingerprint density at radius 2 is 2.03 bits per heavy atom. The zero-order chi connectivity index (χ0) is 20.9. The maximum Gasteiger partial charge on any atom is 0.250 e. The van der Waals surface area contributed by atoms with Crippen LogP contribution in [-0.2, 0) is 11.2 Å². The number of rotatable bonds is 6. The molecule has 0 fully saturated rings. The maximum atomic E-state index is 12.3. The van der Waals surface area contributed by atoms with Crippen LogP contribution in [0.3, 0.4) is 0 Å². The predicted octanol–water partition coefficient (Wildman–Crippen LogP) is 4.80. The van der Waals surface area contributed by atoms with Crippen LogP contribution in [0.1, 0.15) is 18.1 Å². The summed E-state index contributed by atoms with van der Waals surface area (Å²) in [6.45, 7) is 3.09. The highest BCUT2D eigenvalue weighted by molar-refractivity contribution is 7.14. The van der Waals surface area contributed by atoms with Crippen LogP contribution >= 0.6 is 11.3 Å². The van der Waals surface area contributed by atoms with Gasteiger partial charge in [0, 0.05) is 17.0 Å². The molecule has 3 aromatic rings. The molecule has 1 N–H and O–H groups in total. The molecule has 1 aliphatic heterocycles. The zero-order valence-electron chi connectivity index (χ0n) is 16.8. The lowest BCUT2D eigenvalue weighted by Crippen LogP contribution is -2.16. The topological polar surface area (TPSA) is 69.7 Å². The Balaban J connectivity index is 1.43. The van der Waals surface area contributed by atoms with Crippen molar-refractivity contribution < 1.29 is 19.0 Å². The summed E-state index contributed by atoms with van der Waals surface area (Å²) in [4.78, 5) is 16.9. The molecule has 1 aromatic heterocycles. The first-order valence-electron chi connectivity index (χ1n) is 9.68. The zero-order valence-corrected chi connectivity index (χ0v) is 17.6. The number of hydrogen-bond acceptors (Lipinski definition) is 6. The van der Waals surface area contributed by atoms with Gasteiger partial charge in [0.15, 0.2) is 16.6 Å². The van der Waals surface area contributed by atoms with Crippen molar-refractivity contribution in [1.82, 2.24) is 4.98 Å². The second-order valence-corrected chi connectivity index (χ2v) is 7.52. The number of aryl methyl sites for hydroxylation is 1. The summed E-state index contributed by atoms with van der Waals surface area (Å²) in [7, 11) is 1.57. The smallest absolute Gasteiger partial charge is 0.250 e. The molecule has 0 unspecified atom stereocenters. The highest BCUT2D eigenvalue weighted by Gasteiger charge is 2.17. The van der Waals surface area contributed by atoms with Crippen LogP contribution in [0.5, 0.6) is 17.2 Å². The number of nitrogens with one attached hydrogen (secondary N) is 1. The molecule has 1 aliphatic rings. The van der Waals surface area contributed by atoms with Gasteiger partial charge in [0.2, 0.25) is 11.7 Å². The summed E-state index contributed by atoms with van der Waals surface area (Å²) in [6.07, 6.45) is 4.16. The van der Waals surface area contributed by atoms with E-state index < -0.39 is 0 Å². The molecular weight excluding hydrogens is 400 g/mol. The van der Waals surface area contributed by atoms with E-state index in [1.165, 1.54) is 23.0 Å². The largest absolute Gasteiger partial charge is 0.493 e. The second kappa shape index (κ2) is 9.00. The van der Waals surface area contributed by atoms with Gasteiger partial charge in [0.1, 0.15) is 13.2 Å². The number of ether oxygens (including phenoxy) is 3. The van der Waals surface area contributed by atoms with Crippen molar-refractivity contribution >= 4 is 28.5 Å². The molecule has 0 saturated heterocycles. The standard InChI is InChI=1S/C23H22N2O4S/c1-3-15-4-7-17(8-5-15)18-14-30-23(24-18)25-21(26)9-6-16-12-19(27-2)22-20(13-16)28-10-11-29-22/h4-9,12-14H,3,10-11H2,1-2H3,(H,24,25,26)/b9-6+. The number of thiazole rings is 1. The molecule has 2 heterocycles. The normalized spacial score (nSPS) is 12.7. The van der Waals surface area contributed by atoms with Crippen molar-refractivity contribution in [2.45, 2.75) is 13.3 Å². The molecule has 0 saturated carbocycles. The fraction of sp³-hybridized carbons (Fsp3) is 0.217. The van der Waals surface area contributed by atoms with E-state index in [0.29, 0.717) is 35.6 Å². The van der Waals surface area contributed by atoms with Crippen LogP contribution in [0.15, 0.2) is 47.9 Å². The molecular formula is C23H22N2O4S. The van der Waals surface area contributed by atoms with Gasteiger partial charge in [-0.3, -0.25) is 10.1 Å². The Kier molecular flexibility index (Phi) is 5.99. The van der Waals surface area contributed by atoms with Gasteiger partial charge in [-0.05, 0) is 35.8 Å². The van der Waals surface area contributed by atoms with Crippen molar-refractivity contribution in [2.75, 3.05) is 25.6 Å². The molecule has 0 atom stereocenters. The highest BCUT2D eigenvalue weighted by Crippen LogP contribution is 2.40. The predicted molar refractivity (Wildman–Crippen MR) is 119 cm³/mol. The minimum absolute atomic E-state index is 0.258. The molecule has 2 aromatic carbocycles. The Hall–Kier alpha value is -3.32. The van der Waals surface area contributed by atoms with E-state index in [4.69, 9.17) is 14.2 Å². The van der Waals surface area contributed by atoms with Crippen molar-refractivity contribution in [3.05, 3.63) is 59.0 Å². The van der Waals surface area contributed by atoms with E-state index in [1.54, 1.807) is 19.3 Å². The maximum absolute atomic E-state index is 12.3. The third-order valence-corrected chi connectivity index (χ3v) is 5.43. The average molecular weight is 423 g/mol. The molecule has 154 valence electrons. The number of benzene rings is 2. The van der Waals surface area contributed by atoms with Crippen LogP contribution in [0.4, 0.5) is 5.13 Å². The first-order valence-corrected chi connectivity index (χ1v) is 10.6. The summed E-state index contributed by atoms with van der Waals surface area (Å²) in [5, 5.41) is 5.30. The number of carbonyl (C=O) groups is 1. The molecule has 7 heteroatoms. The summed E-state index contributed by atoms with van der Waals surface area (Å²) < 4.78 is 16.6. The quantitative estimate of drug-likeness (QED) is 0.578. The van der Waals surface area contributed by atoms with Crippen molar-refractivity contribution in [3.63, 3.8) is 0 Å². The van der Waals surface area contributed by atoms with Gasteiger partial charge in [0.25, 0.3) is 0 Å². The Bertz CT molecular complexity index is 1060. The van der Waals surface area contributed by atoms with Crippen molar-refractivity contribution in [3.8, 4) is 28.5 Å². The van der Waals surface area contributed by atoms with E-state index in [1.807, 2.05) is 11.4 Å². The van der Waals surface area contributed by atoms with E-state index in [-0.39, 0.29) is 5.91 Å². The van der Waals surface area contributed by atoms with Gasteiger partial charge < -0.3 is 14.2 Å². The Labute approximate surface area is 179 Å². The lowest BCUT2D eigenvalue weighted by atomic mass is 10.1. The average Bonchev–Trinajstić information content (AvgIpc) is 3.25. The van der Waals surface area contributed by atoms with E-state index in [9.17, 15) is 4.79 Å². The molecule has 0 spiro atoms. The van der Waals surface area contributed by atoms with E-state index >= 15 is 0 Å². The number of anilines is 1. The lowest BCUT2D eigenvalue weighted by Gasteiger charge is -2.20. The third-order valence-electron chi connectivity index (χ3n) is 4.67. The van der Waals surface area contributed by atoms with Crippen LogP contribution in [-0.4, -0.2) is 31.2 Å². The first kappa shape index (κ1) is 20.0. The van der Waals surface area contributed by atoms with Crippen molar-refractivity contribution in [2.24, 2.45) is 0 Å². The minimum atomic E-state index is -0.258. The third kappa shape index (κ3) is 4.46. The number of nitrogens with zero attached hydrogens (tertiary/aromatic N) is 1. The summed E-state index contributed by atoms with van der Waals surface area (Å²) in [5.41, 5.74) is 3.94. The second-order valence-electron chi connectivity index (χ2n) is 6.66. The number of carbonyl (C=O) groups excluding carboxylic acids is 1. The summed E-state index contributed by atoms with van der Waals surface area (Å²) in [6, 6.07) is 11.9. The molecule has 4 rings (SSSR count). The monoisotopic (exact) mass is 422 g/mol. The molecule has 30 heavy (non-hydrogen) atoms. The number of methoxy groups -OCH3 is 1. The fourth-order valence-electron chi connectivity index (χ4n) is 3.08. The molecule has 1 amide bonds.